The predicted molar refractivity (Wildman–Crippen MR) is 72.7 cm³/mol. The average Bonchev–Trinajstić information content (AvgIpc) is 2.68. The lowest BCUT2D eigenvalue weighted by Gasteiger charge is -2.16. The first-order valence-electron chi connectivity index (χ1n) is 6.14. The van der Waals surface area contributed by atoms with E-state index >= 15 is 0 Å². The Labute approximate surface area is 108 Å². The van der Waals surface area contributed by atoms with Crippen LogP contribution in [0.15, 0.2) is 24.3 Å². The lowest BCUT2D eigenvalue weighted by Crippen LogP contribution is -2.21. The summed E-state index contributed by atoms with van der Waals surface area (Å²) in [5.74, 6) is 0.538. The molecule has 0 saturated carbocycles. The molecule has 1 aliphatic heterocycles. The van der Waals surface area contributed by atoms with Crippen LogP contribution in [0.4, 0.5) is 5.69 Å². The second-order valence-electron chi connectivity index (χ2n) is 4.64. The van der Waals surface area contributed by atoms with Gasteiger partial charge in [-0.25, -0.2) is 8.42 Å². The maximum absolute atomic E-state index is 11.4. The highest BCUT2D eigenvalue weighted by Crippen LogP contribution is 2.21. The Morgan fingerprint density at radius 1 is 1.39 bits per heavy atom. The van der Waals surface area contributed by atoms with Crippen molar-refractivity contribution in [2.75, 3.05) is 30.5 Å². The molecule has 0 amide bonds. The largest absolute Gasteiger partial charge is 0.384 e. The molecule has 1 saturated heterocycles. The molecule has 1 fully saturated rings. The number of rotatable bonds is 5. The molecule has 0 spiro atoms. The smallest absolute Gasteiger partial charge is 0.152 e. The third-order valence-electron chi connectivity index (χ3n) is 3.18. The molecule has 1 N–H and O–H groups in total. The Kier molecular flexibility index (Phi) is 4.24. The SMILES string of the molecule is COCCc1ccccc1NC1CCS(=O)(=O)C1. The summed E-state index contributed by atoms with van der Waals surface area (Å²) in [6.45, 7) is 0.668. The molecular weight excluding hydrogens is 250 g/mol. The van der Waals surface area contributed by atoms with E-state index in [-0.39, 0.29) is 11.8 Å². The third-order valence-corrected chi connectivity index (χ3v) is 4.95. The summed E-state index contributed by atoms with van der Waals surface area (Å²) >= 11 is 0. The van der Waals surface area contributed by atoms with Gasteiger partial charge in [-0.05, 0) is 24.5 Å². The highest BCUT2D eigenvalue weighted by molar-refractivity contribution is 7.91. The number of benzene rings is 1. The van der Waals surface area contributed by atoms with E-state index < -0.39 is 9.84 Å². The van der Waals surface area contributed by atoms with E-state index in [0.29, 0.717) is 18.8 Å². The molecule has 0 radical (unpaired) electrons. The van der Waals surface area contributed by atoms with Gasteiger partial charge in [-0.2, -0.15) is 0 Å². The van der Waals surface area contributed by atoms with Crippen LogP contribution in [0.25, 0.3) is 0 Å². The minimum Gasteiger partial charge on any atom is -0.384 e. The number of methoxy groups -OCH3 is 1. The monoisotopic (exact) mass is 269 g/mol. The van der Waals surface area contributed by atoms with Crippen molar-refractivity contribution in [3.05, 3.63) is 29.8 Å². The topological polar surface area (TPSA) is 55.4 Å². The van der Waals surface area contributed by atoms with Crippen LogP contribution < -0.4 is 5.32 Å². The highest BCUT2D eigenvalue weighted by Gasteiger charge is 2.27. The second-order valence-corrected chi connectivity index (χ2v) is 6.87. The molecule has 1 heterocycles. The summed E-state index contributed by atoms with van der Waals surface area (Å²) in [5.41, 5.74) is 2.19. The molecule has 100 valence electrons. The average molecular weight is 269 g/mol. The fourth-order valence-corrected chi connectivity index (χ4v) is 3.89. The summed E-state index contributed by atoms with van der Waals surface area (Å²) in [7, 11) is -1.15. The van der Waals surface area contributed by atoms with Gasteiger partial charge >= 0.3 is 0 Å². The fraction of sp³-hybridized carbons (Fsp3) is 0.538. The molecule has 0 aliphatic carbocycles. The van der Waals surface area contributed by atoms with E-state index in [1.807, 2.05) is 24.3 Å². The summed E-state index contributed by atoms with van der Waals surface area (Å²) in [6, 6.07) is 8.03. The Morgan fingerprint density at radius 2 is 2.17 bits per heavy atom. The van der Waals surface area contributed by atoms with E-state index in [1.165, 1.54) is 5.56 Å². The Balaban J connectivity index is 2.05. The standard InChI is InChI=1S/C13H19NO3S/c1-17-8-6-11-4-2-3-5-13(11)14-12-7-9-18(15,16)10-12/h2-5,12,14H,6-10H2,1H3. The normalized spacial score (nSPS) is 21.9. The number of ether oxygens (including phenoxy) is 1. The van der Waals surface area contributed by atoms with Crippen LogP contribution >= 0.6 is 0 Å². The van der Waals surface area contributed by atoms with E-state index in [9.17, 15) is 8.42 Å². The third kappa shape index (κ3) is 3.46. The fourth-order valence-electron chi connectivity index (χ4n) is 2.22. The molecule has 1 aromatic rings. The first kappa shape index (κ1) is 13.4. The van der Waals surface area contributed by atoms with Crippen LogP contribution in [-0.4, -0.2) is 39.7 Å². The summed E-state index contributed by atoms with van der Waals surface area (Å²) in [5, 5.41) is 3.34. The quantitative estimate of drug-likeness (QED) is 0.879. The summed E-state index contributed by atoms with van der Waals surface area (Å²) in [6.07, 6.45) is 1.53. The minimum absolute atomic E-state index is 0.0405. The molecule has 1 unspecified atom stereocenters. The van der Waals surface area contributed by atoms with E-state index in [2.05, 4.69) is 5.32 Å². The van der Waals surface area contributed by atoms with Gasteiger partial charge in [0.05, 0.1) is 18.1 Å². The first-order valence-corrected chi connectivity index (χ1v) is 7.97. The Hall–Kier alpha value is -1.07. The number of hydrogen-bond donors (Lipinski definition) is 1. The van der Waals surface area contributed by atoms with Gasteiger partial charge in [-0.3, -0.25) is 0 Å². The number of anilines is 1. The summed E-state index contributed by atoms with van der Waals surface area (Å²) < 4.78 is 27.9. The van der Waals surface area contributed by atoms with Crippen molar-refractivity contribution in [3.8, 4) is 0 Å². The van der Waals surface area contributed by atoms with Crippen LogP contribution in [-0.2, 0) is 21.0 Å². The molecule has 1 aliphatic rings. The van der Waals surface area contributed by atoms with E-state index in [4.69, 9.17) is 4.74 Å². The molecule has 5 heteroatoms. The van der Waals surface area contributed by atoms with Crippen LogP contribution in [0.5, 0.6) is 0 Å². The van der Waals surface area contributed by atoms with Gasteiger partial charge in [-0.1, -0.05) is 18.2 Å². The van der Waals surface area contributed by atoms with Crippen molar-refractivity contribution < 1.29 is 13.2 Å². The highest BCUT2D eigenvalue weighted by atomic mass is 32.2. The zero-order chi connectivity index (χ0) is 13.0. The van der Waals surface area contributed by atoms with Gasteiger partial charge in [0.25, 0.3) is 0 Å². The van der Waals surface area contributed by atoms with Crippen LogP contribution in [0.2, 0.25) is 0 Å². The van der Waals surface area contributed by atoms with Gasteiger partial charge in [0, 0.05) is 18.8 Å². The zero-order valence-corrected chi connectivity index (χ0v) is 11.4. The van der Waals surface area contributed by atoms with Gasteiger partial charge in [0.2, 0.25) is 0 Å². The summed E-state index contributed by atoms with van der Waals surface area (Å²) in [4.78, 5) is 0. The van der Waals surface area contributed by atoms with Crippen molar-refractivity contribution in [2.24, 2.45) is 0 Å². The molecular formula is C13H19NO3S. The molecule has 0 bridgehead atoms. The minimum atomic E-state index is -2.83. The maximum atomic E-state index is 11.4. The van der Waals surface area contributed by atoms with Crippen molar-refractivity contribution in [2.45, 2.75) is 18.9 Å². The number of para-hydroxylation sites is 1. The van der Waals surface area contributed by atoms with Crippen molar-refractivity contribution in [1.29, 1.82) is 0 Å². The van der Waals surface area contributed by atoms with Gasteiger partial charge < -0.3 is 10.1 Å². The van der Waals surface area contributed by atoms with Gasteiger partial charge in [0.15, 0.2) is 9.84 Å². The zero-order valence-electron chi connectivity index (χ0n) is 10.6. The number of sulfone groups is 1. The van der Waals surface area contributed by atoms with Crippen molar-refractivity contribution in [1.82, 2.24) is 0 Å². The molecule has 0 aromatic heterocycles. The van der Waals surface area contributed by atoms with Crippen LogP contribution in [0, 0.1) is 0 Å². The Morgan fingerprint density at radius 3 is 2.83 bits per heavy atom. The lowest BCUT2D eigenvalue weighted by molar-refractivity contribution is 0.202. The molecule has 4 nitrogen and oxygen atoms in total. The number of hydrogen-bond acceptors (Lipinski definition) is 4. The predicted octanol–water partition coefficient (Wildman–Crippen LogP) is 1.47. The molecule has 1 aromatic carbocycles. The van der Waals surface area contributed by atoms with E-state index in [1.54, 1.807) is 7.11 Å². The first-order chi connectivity index (χ1) is 8.61. The van der Waals surface area contributed by atoms with Crippen molar-refractivity contribution >= 4 is 15.5 Å². The molecule has 1 atom stereocenters. The second kappa shape index (κ2) is 5.71. The van der Waals surface area contributed by atoms with Crippen LogP contribution in [0.1, 0.15) is 12.0 Å². The van der Waals surface area contributed by atoms with E-state index in [0.717, 1.165) is 12.1 Å². The maximum Gasteiger partial charge on any atom is 0.152 e. The Bertz CT molecular complexity index is 499. The van der Waals surface area contributed by atoms with Gasteiger partial charge in [-0.15, -0.1) is 0 Å². The lowest BCUT2D eigenvalue weighted by atomic mass is 10.1. The van der Waals surface area contributed by atoms with Crippen molar-refractivity contribution in [3.63, 3.8) is 0 Å². The molecule has 2 rings (SSSR count). The number of nitrogens with one attached hydrogen (secondary N) is 1. The van der Waals surface area contributed by atoms with Crippen LogP contribution in [0.3, 0.4) is 0 Å². The van der Waals surface area contributed by atoms with Gasteiger partial charge in [0.1, 0.15) is 0 Å². The molecule has 18 heavy (non-hydrogen) atoms.